The van der Waals surface area contributed by atoms with E-state index in [1.165, 1.54) is 7.11 Å². The van der Waals surface area contributed by atoms with Crippen molar-refractivity contribution < 1.29 is 14.6 Å². The van der Waals surface area contributed by atoms with E-state index in [9.17, 15) is 9.90 Å². The Kier molecular flexibility index (Phi) is 3.53. The Bertz CT molecular complexity index is 413. The minimum atomic E-state index is -1.04. The number of ether oxygens (including phenoxy) is 1. The third-order valence-corrected chi connectivity index (χ3v) is 3.36. The molecule has 0 atom stereocenters. The number of allylic oxidation sites excluding steroid dienone is 6. The highest BCUT2D eigenvalue weighted by Crippen LogP contribution is 2.35. The number of hydrogen-bond acceptors (Lipinski definition) is 3. The molecule has 2 rings (SSSR count). The lowest BCUT2D eigenvalue weighted by Gasteiger charge is -2.31. The van der Waals surface area contributed by atoms with Gasteiger partial charge in [-0.1, -0.05) is 48.6 Å². The van der Waals surface area contributed by atoms with Crippen molar-refractivity contribution in [3.8, 4) is 0 Å². The molecular formula is C15H18O3. The topological polar surface area (TPSA) is 46.5 Å². The Morgan fingerprint density at radius 2 is 1.78 bits per heavy atom. The summed E-state index contributed by atoms with van der Waals surface area (Å²) in [5.74, 6) is -0.303. The largest absolute Gasteiger partial charge is 0.469 e. The van der Waals surface area contributed by atoms with Crippen molar-refractivity contribution in [3.05, 3.63) is 48.6 Å². The van der Waals surface area contributed by atoms with Gasteiger partial charge in [0.2, 0.25) is 0 Å². The van der Waals surface area contributed by atoms with Gasteiger partial charge in [0.05, 0.1) is 7.11 Å². The van der Waals surface area contributed by atoms with Crippen LogP contribution in [0, 0.1) is 5.41 Å². The molecule has 0 bridgehead atoms. The van der Waals surface area contributed by atoms with Gasteiger partial charge in [0.15, 0.2) is 0 Å². The van der Waals surface area contributed by atoms with Gasteiger partial charge in [-0.2, -0.15) is 0 Å². The Balaban J connectivity index is 2.03. The number of rotatable bonds is 3. The lowest BCUT2D eigenvalue weighted by molar-refractivity contribution is -0.141. The number of carbonyl (C=O) groups is 1. The van der Waals surface area contributed by atoms with E-state index in [0.29, 0.717) is 6.42 Å². The quantitative estimate of drug-likeness (QED) is 0.614. The summed E-state index contributed by atoms with van der Waals surface area (Å²) in [6.07, 6.45) is 17.4. The summed E-state index contributed by atoms with van der Waals surface area (Å²) in [6.45, 7) is 0. The van der Waals surface area contributed by atoms with Crippen LogP contribution in [0.2, 0.25) is 0 Å². The molecule has 1 spiro atoms. The van der Waals surface area contributed by atoms with Crippen molar-refractivity contribution >= 4 is 5.97 Å². The first-order chi connectivity index (χ1) is 8.58. The molecule has 0 saturated carbocycles. The lowest BCUT2D eigenvalue weighted by Crippen LogP contribution is -2.29. The third kappa shape index (κ3) is 2.79. The summed E-state index contributed by atoms with van der Waals surface area (Å²) >= 11 is 0. The van der Waals surface area contributed by atoms with Crippen LogP contribution in [0.1, 0.15) is 19.3 Å². The Hall–Kier alpha value is -1.61. The van der Waals surface area contributed by atoms with E-state index < -0.39 is 5.60 Å². The smallest absolute Gasteiger partial charge is 0.305 e. The van der Waals surface area contributed by atoms with Gasteiger partial charge in [0.25, 0.3) is 0 Å². The van der Waals surface area contributed by atoms with Crippen molar-refractivity contribution in [2.75, 3.05) is 7.11 Å². The molecule has 0 aromatic carbocycles. The highest BCUT2D eigenvalue weighted by Gasteiger charge is 2.30. The molecule has 96 valence electrons. The Labute approximate surface area is 107 Å². The fourth-order valence-electron chi connectivity index (χ4n) is 2.16. The summed E-state index contributed by atoms with van der Waals surface area (Å²) in [5, 5.41) is 10.3. The maximum Gasteiger partial charge on any atom is 0.305 e. The molecule has 0 heterocycles. The molecule has 0 saturated heterocycles. The number of esters is 1. The molecule has 0 aromatic rings. The van der Waals surface area contributed by atoms with Crippen LogP contribution in [0.25, 0.3) is 0 Å². The molecule has 0 amide bonds. The van der Waals surface area contributed by atoms with E-state index in [0.717, 1.165) is 6.42 Å². The van der Waals surface area contributed by atoms with Crippen LogP contribution in [-0.2, 0) is 9.53 Å². The van der Waals surface area contributed by atoms with Gasteiger partial charge in [0, 0.05) is 11.8 Å². The Morgan fingerprint density at radius 1 is 1.17 bits per heavy atom. The second-order valence-corrected chi connectivity index (χ2v) is 4.77. The maximum atomic E-state index is 11.1. The molecule has 0 fully saturated rings. The Morgan fingerprint density at radius 3 is 2.33 bits per heavy atom. The van der Waals surface area contributed by atoms with Crippen LogP contribution < -0.4 is 0 Å². The van der Waals surface area contributed by atoms with Crippen molar-refractivity contribution in [3.63, 3.8) is 0 Å². The zero-order valence-electron chi connectivity index (χ0n) is 10.5. The van der Waals surface area contributed by atoms with E-state index >= 15 is 0 Å². The zero-order valence-corrected chi connectivity index (χ0v) is 10.5. The fraction of sp³-hybridized carbons (Fsp3) is 0.400. The van der Waals surface area contributed by atoms with Crippen molar-refractivity contribution in [1.29, 1.82) is 0 Å². The van der Waals surface area contributed by atoms with Gasteiger partial charge in [-0.05, 0) is 12.8 Å². The van der Waals surface area contributed by atoms with E-state index in [2.05, 4.69) is 29.0 Å². The molecule has 3 heteroatoms. The summed E-state index contributed by atoms with van der Waals surface area (Å²) < 4.78 is 4.58. The molecule has 0 unspecified atom stereocenters. The maximum absolute atomic E-state index is 11.1. The molecule has 0 aromatic heterocycles. The molecule has 1 N–H and O–H groups in total. The summed E-state index contributed by atoms with van der Waals surface area (Å²) in [5.41, 5.74) is -1.24. The van der Waals surface area contributed by atoms with Gasteiger partial charge in [-0.3, -0.25) is 4.79 Å². The number of carbonyl (C=O) groups excluding carboxylic acids is 1. The molecule has 2 aliphatic rings. The number of methoxy groups -OCH3 is 1. The van der Waals surface area contributed by atoms with Crippen molar-refractivity contribution in [2.24, 2.45) is 5.41 Å². The molecule has 18 heavy (non-hydrogen) atoms. The van der Waals surface area contributed by atoms with Crippen LogP contribution in [0.4, 0.5) is 0 Å². The van der Waals surface area contributed by atoms with Crippen LogP contribution in [0.3, 0.4) is 0 Å². The SMILES string of the molecule is COC(=O)CCC1(O)C=CC2(C=CCC=C2)C=C1. The number of hydrogen-bond donors (Lipinski definition) is 1. The second-order valence-electron chi connectivity index (χ2n) is 4.77. The van der Waals surface area contributed by atoms with Crippen LogP contribution in [-0.4, -0.2) is 23.8 Å². The van der Waals surface area contributed by atoms with Gasteiger partial charge in [-0.25, -0.2) is 0 Å². The highest BCUT2D eigenvalue weighted by molar-refractivity contribution is 5.69. The molecule has 0 aliphatic heterocycles. The molecule has 3 nitrogen and oxygen atoms in total. The van der Waals surface area contributed by atoms with E-state index in [1.54, 1.807) is 12.2 Å². The van der Waals surface area contributed by atoms with E-state index in [4.69, 9.17) is 0 Å². The molecule has 2 aliphatic carbocycles. The minimum Gasteiger partial charge on any atom is -0.469 e. The third-order valence-electron chi connectivity index (χ3n) is 3.36. The fourth-order valence-corrected chi connectivity index (χ4v) is 2.16. The predicted molar refractivity (Wildman–Crippen MR) is 69.8 cm³/mol. The molecule has 0 radical (unpaired) electrons. The predicted octanol–water partition coefficient (Wildman–Crippen LogP) is 2.30. The van der Waals surface area contributed by atoms with E-state index in [1.807, 2.05) is 12.2 Å². The first-order valence-corrected chi connectivity index (χ1v) is 6.13. The molecular weight excluding hydrogens is 228 g/mol. The normalized spacial score (nSPS) is 22.3. The van der Waals surface area contributed by atoms with Gasteiger partial charge >= 0.3 is 5.97 Å². The standard InChI is InChI=1S/C15H18O3/c1-18-13(16)5-8-15(17)11-9-14(10-12-15)6-3-2-4-7-14/h3-4,6-7,9-12,17H,2,5,8H2,1H3. The monoisotopic (exact) mass is 246 g/mol. The number of aliphatic hydroxyl groups is 1. The van der Waals surface area contributed by atoms with E-state index in [-0.39, 0.29) is 17.8 Å². The summed E-state index contributed by atoms with van der Waals surface area (Å²) in [4.78, 5) is 11.1. The van der Waals surface area contributed by atoms with Crippen LogP contribution in [0.5, 0.6) is 0 Å². The van der Waals surface area contributed by atoms with Gasteiger partial charge in [0.1, 0.15) is 5.60 Å². The van der Waals surface area contributed by atoms with Gasteiger partial charge < -0.3 is 9.84 Å². The average molecular weight is 246 g/mol. The van der Waals surface area contributed by atoms with Crippen LogP contribution in [0.15, 0.2) is 48.6 Å². The van der Waals surface area contributed by atoms with Crippen LogP contribution >= 0.6 is 0 Å². The first-order valence-electron chi connectivity index (χ1n) is 6.13. The summed E-state index contributed by atoms with van der Waals surface area (Å²) in [7, 11) is 1.35. The van der Waals surface area contributed by atoms with Crippen molar-refractivity contribution in [2.45, 2.75) is 24.9 Å². The second kappa shape index (κ2) is 4.94. The van der Waals surface area contributed by atoms with Crippen molar-refractivity contribution in [1.82, 2.24) is 0 Å². The first kappa shape index (κ1) is 12.8. The van der Waals surface area contributed by atoms with Gasteiger partial charge in [-0.15, -0.1) is 0 Å². The average Bonchev–Trinajstić information content (AvgIpc) is 2.41. The lowest BCUT2D eigenvalue weighted by atomic mass is 9.77. The zero-order chi connectivity index (χ0) is 13.1. The highest BCUT2D eigenvalue weighted by atomic mass is 16.5. The summed E-state index contributed by atoms with van der Waals surface area (Å²) in [6, 6.07) is 0. The minimum absolute atomic E-state index is 0.199.